The summed E-state index contributed by atoms with van der Waals surface area (Å²) in [4.78, 5) is 21.4. The van der Waals surface area contributed by atoms with Crippen molar-refractivity contribution in [3.63, 3.8) is 0 Å². The summed E-state index contributed by atoms with van der Waals surface area (Å²) in [6.45, 7) is 1.48. The second kappa shape index (κ2) is 5.83. The molecule has 0 N–H and O–H groups in total. The average Bonchev–Trinajstić information content (AvgIpc) is 2.38. The van der Waals surface area contributed by atoms with Crippen LogP contribution in [0.2, 0.25) is 0 Å². The predicted molar refractivity (Wildman–Crippen MR) is 77.3 cm³/mol. The van der Waals surface area contributed by atoms with Crippen molar-refractivity contribution in [1.82, 2.24) is 0 Å². The summed E-state index contributed by atoms with van der Waals surface area (Å²) in [6.07, 6.45) is 0. The molecular formula is C14H10BrNO4. The summed E-state index contributed by atoms with van der Waals surface area (Å²) in [5.74, 6) is 0.818. The van der Waals surface area contributed by atoms with E-state index in [1.54, 1.807) is 30.3 Å². The van der Waals surface area contributed by atoms with Gasteiger partial charge in [-0.3, -0.25) is 14.9 Å². The van der Waals surface area contributed by atoms with E-state index in [4.69, 9.17) is 4.74 Å². The molecule has 0 saturated heterocycles. The number of rotatable bonds is 4. The molecule has 0 aliphatic rings. The minimum Gasteiger partial charge on any atom is -0.457 e. The zero-order chi connectivity index (χ0) is 14.7. The van der Waals surface area contributed by atoms with E-state index in [1.807, 2.05) is 0 Å². The van der Waals surface area contributed by atoms with Gasteiger partial charge in [-0.1, -0.05) is 15.9 Å². The van der Waals surface area contributed by atoms with Crippen molar-refractivity contribution in [3.8, 4) is 11.5 Å². The zero-order valence-electron chi connectivity index (χ0n) is 10.5. The lowest BCUT2D eigenvalue weighted by atomic mass is 10.1. The molecule has 20 heavy (non-hydrogen) atoms. The van der Waals surface area contributed by atoms with Gasteiger partial charge in [0, 0.05) is 16.1 Å². The molecule has 0 unspecified atom stereocenters. The number of halogens is 1. The first kappa shape index (κ1) is 14.2. The highest BCUT2D eigenvalue weighted by atomic mass is 79.9. The number of nitro benzene ring substituents is 1. The number of hydrogen-bond donors (Lipinski definition) is 0. The SMILES string of the molecule is CC(=O)c1ccc(Oc2cc(Br)cc([N+](=O)[O-])c2)cc1. The number of non-ortho nitro benzene ring substituents is 1. The third-order valence-corrected chi connectivity index (χ3v) is 3.02. The molecule has 0 radical (unpaired) electrons. The Morgan fingerprint density at radius 2 is 1.80 bits per heavy atom. The molecule has 0 saturated carbocycles. The van der Waals surface area contributed by atoms with E-state index in [0.29, 0.717) is 21.5 Å². The quantitative estimate of drug-likeness (QED) is 0.473. The van der Waals surface area contributed by atoms with Gasteiger partial charge in [0.05, 0.1) is 11.0 Å². The maximum atomic E-state index is 11.2. The van der Waals surface area contributed by atoms with Crippen molar-refractivity contribution in [2.24, 2.45) is 0 Å². The summed E-state index contributed by atoms with van der Waals surface area (Å²) >= 11 is 3.20. The van der Waals surface area contributed by atoms with Gasteiger partial charge in [0.1, 0.15) is 11.5 Å². The third-order valence-electron chi connectivity index (χ3n) is 2.56. The molecule has 2 aromatic rings. The van der Waals surface area contributed by atoms with E-state index < -0.39 is 4.92 Å². The smallest absolute Gasteiger partial charge is 0.274 e. The Bertz CT molecular complexity index is 667. The Balaban J connectivity index is 2.25. The predicted octanol–water partition coefficient (Wildman–Crippen LogP) is 4.35. The summed E-state index contributed by atoms with van der Waals surface area (Å²) in [6, 6.07) is 10.9. The summed E-state index contributed by atoms with van der Waals surface area (Å²) in [5.41, 5.74) is 0.521. The number of carbonyl (C=O) groups excluding carboxylic acids is 1. The number of ketones is 1. The molecule has 0 aliphatic carbocycles. The standard InChI is InChI=1S/C14H10BrNO4/c1-9(17)10-2-4-13(5-3-10)20-14-7-11(15)6-12(8-14)16(18)19/h2-8H,1H3. The van der Waals surface area contributed by atoms with Gasteiger partial charge in [0.15, 0.2) is 5.78 Å². The van der Waals surface area contributed by atoms with Crippen molar-refractivity contribution in [1.29, 1.82) is 0 Å². The maximum absolute atomic E-state index is 11.2. The lowest BCUT2D eigenvalue weighted by Crippen LogP contribution is -1.92. The number of nitrogens with zero attached hydrogens (tertiary/aromatic N) is 1. The van der Waals surface area contributed by atoms with E-state index in [1.165, 1.54) is 19.1 Å². The molecule has 2 rings (SSSR count). The first-order valence-electron chi connectivity index (χ1n) is 5.69. The minimum atomic E-state index is -0.490. The largest absolute Gasteiger partial charge is 0.457 e. The first-order valence-corrected chi connectivity index (χ1v) is 6.49. The van der Waals surface area contributed by atoms with Crippen LogP contribution < -0.4 is 4.74 Å². The van der Waals surface area contributed by atoms with Crippen LogP contribution in [0.1, 0.15) is 17.3 Å². The van der Waals surface area contributed by atoms with E-state index >= 15 is 0 Å². The summed E-state index contributed by atoms with van der Waals surface area (Å²) in [7, 11) is 0. The Labute approximate surface area is 123 Å². The fraction of sp³-hybridized carbons (Fsp3) is 0.0714. The highest BCUT2D eigenvalue weighted by Crippen LogP contribution is 2.29. The van der Waals surface area contributed by atoms with Gasteiger partial charge < -0.3 is 4.74 Å². The van der Waals surface area contributed by atoms with Crippen molar-refractivity contribution in [2.75, 3.05) is 0 Å². The maximum Gasteiger partial charge on any atom is 0.274 e. The van der Waals surface area contributed by atoms with Gasteiger partial charge in [0.2, 0.25) is 0 Å². The van der Waals surface area contributed by atoms with Crippen LogP contribution in [0, 0.1) is 10.1 Å². The van der Waals surface area contributed by atoms with Crippen LogP contribution in [0.4, 0.5) is 5.69 Å². The lowest BCUT2D eigenvalue weighted by Gasteiger charge is -2.06. The van der Waals surface area contributed by atoms with Gasteiger partial charge >= 0.3 is 0 Å². The van der Waals surface area contributed by atoms with Crippen LogP contribution in [0.15, 0.2) is 46.9 Å². The fourth-order valence-corrected chi connectivity index (χ4v) is 2.07. The van der Waals surface area contributed by atoms with Crippen molar-refractivity contribution >= 4 is 27.4 Å². The normalized spacial score (nSPS) is 10.1. The molecule has 0 fully saturated rings. The third kappa shape index (κ3) is 3.42. The molecule has 0 atom stereocenters. The molecule has 0 amide bonds. The van der Waals surface area contributed by atoms with Gasteiger partial charge in [-0.2, -0.15) is 0 Å². The number of ether oxygens (including phenoxy) is 1. The Morgan fingerprint density at radius 1 is 1.15 bits per heavy atom. The minimum absolute atomic E-state index is 0.0327. The van der Waals surface area contributed by atoms with Gasteiger partial charge in [-0.25, -0.2) is 0 Å². The zero-order valence-corrected chi connectivity index (χ0v) is 12.1. The van der Waals surface area contributed by atoms with Crippen LogP contribution in [0.5, 0.6) is 11.5 Å². The molecule has 0 bridgehead atoms. The number of hydrogen-bond acceptors (Lipinski definition) is 4. The van der Waals surface area contributed by atoms with Gasteiger partial charge in [-0.05, 0) is 37.3 Å². The Hall–Kier alpha value is -2.21. The molecule has 5 nitrogen and oxygen atoms in total. The molecule has 0 spiro atoms. The number of nitro groups is 1. The second-order valence-electron chi connectivity index (χ2n) is 4.08. The number of benzene rings is 2. The van der Waals surface area contributed by atoms with Crippen molar-refractivity contribution < 1.29 is 14.5 Å². The molecular weight excluding hydrogens is 326 g/mol. The monoisotopic (exact) mass is 335 g/mol. The molecule has 6 heteroatoms. The van der Waals surface area contributed by atoms with Crippen molar-refractivity contribution in [2.45, 2.75) is 6.92 Å². The average molecular weight is 336 g/mol. The fourth-order valence-electron chi connectivity index (χ4n) is 1.61. The van der Waals surface area contributed by atoms with Gasteiger partial charge in [-0.15, -0.1) is 0 Å². The number of Topliss-reactive ketones (excluding diaryl/α,β-unsaturated/α-hetero) is 1. The molecule has 0 aromatic heterocycles. The van der Waals surface area contributed by atoms with Crippen molar-refractivity contribution in [3.05, 3.63) is 62.6 Å². The van der Waals surface area contributed by atoms with Crippen LogP contribution in [-0.4, -0.2) is 10.7 Å². The van der Waals surface area contributed by atoms with Crippen LogP contribution >= 0.6 is 15.9 Å². The Kier molecular flexibility index (Phi) is 4.14. The summed E-state index contributed by atoms with van der Waals surface area (Å²) < 4.78 is 6.10. The highest BCUT2D eigenvalue weighted by Gasteiger charge is 2.10. The van der Waals surface area contributed by atoms with Gasteiger partial charge in [0.25, 0.3) is 5.69 Å². The van der Waals surface area contributed by atoms with E-state index in [2.05, 4.69) is 15.9 Å². The van der Waals surface area contributed by atoms with Crippen LogP contribution in [-0.2, 0) is 0 Å². The second-order valence-corrected chi connectivity index (χ2v) is 5.00. The molecule has 0 aliphatic heterocycles. The van der Waals surface area contributed by atoms with Crippen LogP contribution in [0.3, 0.4) is 0 Å². The van der Waals surface area contributed by atoms with E-state index in [9.17, 15) is 14.9 Å². The van der Waals surface area contributed by atoms with E-state index in [-0.39, 0.29) is 11.5 Å². The van der Waals surface area contributed by atoms with Crippen LogP contribution in [0.25, 0.3) is 0 Å². The molecule has 2 aromatic carbocycles. The highest BCUT2D eigenvalue weighted by molar-refractivity contribution is 9.10. The molecule has 0 heterocycles. The lowest BCUT2D eigenvalue weighted by molar-refractivity contribution is -0.385. The number of carbonyl (C=O) groups is 1. The Morgan fingerprint density at radius 3 is 2.35 bits per heavy atom. The topological polar surface area (TPSA) is 69.4 Å². The molecule has 102 valence electrons. The van der Waals surface area contributed by atoms with E-state index in [0.717, 1.165) is 0 Å². The summed E-state index contributed by atoms with van der Waals surface area (Å²) in [5, 5.41) is 10.8. The first-order chi connectivity index (χ1) is 9.45.